The minimum atomic E-state index is -1.06. The van der Waals surface area contributed by atoms with Crippen molar-refractivity contribution in [3.8, 4) is 0 Å². The number of benzene rings is 1. The molecule has 0 N–H and O–H groups in total. The molecule has 4 aliphatic heterocycles. The van der Waals surface area contributed by atoms with Crippen molar-refractivity contribution in [2.75, 3.05) is 31.6 Å². The average molecular weight is 448 g/mol. The standard InChI is InChI=1S/C20H22BrN3O4/c1-11-14-4-3-7-24(14)20(16(11)17(25)23-8-9-28-19(23)27)13-10-12(21)5-6-15(13)22(2)18(20)26/h5-6,10-11,14,16H,3-4,7-9H2,1-2H3/t11-,14-,16-,20+/m1/s1. The molecule has 0 saturated carbocycles. The Morgan fingerprint density at radius 3 is 2.79 bits per heavy atom. The van der Waals surface area contributed by atoms with Gasteiger partial charge < -0.3 is 9.64 Å². The van der Waals surface area contributed by atoms with Crippen molar-refractivity contribution < 1.29 is 19.1 Å². The Bertz CT molecular complexity index is 905. The number of imide groups is 1. The average Bonchev–Trinajstić information content (AvgIpc) is 3.40. The van der Waals surface area contributed by atoms with Crippen molar-refractivity contribution in [1.29, 1.82) is 0 Å². The molecular formula is C20H22BrN3O4. The second kappa shape index (κ2) is 6.03. The molecular weight excluding hydrogens is 426 g/mol. The van der Waals surface area contributed by atoms with Crippen molar-refractivity contribution >= 4 is 39.5 Å². The summed E-state index contributed by atoms with van der Waals surface area (Å²) in [4.78, 5) is 44.6. The van der Waals surface area contributed by atoms with Gasteiger partial charge >= 0.3 is 6.09 Å². The lowest BCUT2D eigenvalue weighted by Crippen LogP contribution is -2.56. The third-order valence-corrected chi connectivity index (χ3v) is 7.48. The lowest BCUT2D eigenvalue weighted by molar-refractivity contribution is -0.143. The van der Waals surface area contributed by atoms with Crippen LogP contribution in [0, 0.1) is 11.8 Å². The van der Waals surface area contributed by atoms with Crippen LogP contribution in [0.3, 0.4) is 0 Å². The quantitative estimate of drug-likeness (QED) is 0.660. The summed E-state index contributed by atoms with van der Waals surface area (Å²) in [5.41, 5.74) is 0.625. The molecule has 28 heavy (non-hydrogen) atoms. The molecule has 1 spiro atoms. The highest BCUT2D eigenvalue weighted by atomic mass is 79.9. The maximum absolute atomic E-state index is 13.8. The number of likely N-dealkylation sites (N-methyl/N-ethyl adjacent to an activating group) is 1. The molecule has 3 saturated heterocycles. The maximum atomic E-state index is 13.8. The number of amides is 3. The molecule has 1 aromatic carbocycles. The number of ether oxygens (including phenoxy) is 1. The lowest BCUT2D eigenvalue weighted by Gasteiger charge is -2.38. The second-order valence-corrected chi connectivity index (χ2v) is 9.05. The van der Waals surface area contributed by atoms with Crippen LogP contribution in [0.25, 0.3) is 0 Å². The fourth-order valence-corrected chi connectivity index (χ4v) is 6.25. The van der Waals surface area contributed by atoms with Crippen molar-refractivity contribution in [3.05, 3.63) is 28.2 Å². The van der Waals surface area contributed by atoms with E-state index in [0.29, 0.717) is 0 Å². The Hall–Kier alpha value is -1.93. The number of rotatable bonds is 1. The van der Waals surface area contributed by atoms with Gasteiger partial charge in [0.1, 0.15) is 12.1 Å². The first-order valence-corrected chi connectivity index (χ1v) is 10.5. The van der Waals surface area contributed by atoms with Crippen LogP contribution in [0.15, 0.2) is 22.7 Å². The van der Waals surface area contributed by atoms with E-state index >= 15 is 0 Å². The van der Waals surface area contributed by atoms with Crippen LogP contribution in [-0.2, 0) is 19.9 Å². The Morgan fingerprint density at radius 1 is 1.29 bits per heavy atom. The summed E-state index contributed by atoms with van der Waals surface area (Å²) >= 11 is 3.54. The summed E-state index contributed by atoms with van der Waals surface area (Å²) < 4.78 is 5.88. The van der Waals surface area contributed by atoms with Crippen LogP contribution < -0.4 is 4.90 Å². The summed E-state index contributed by atoms with van der Waals surface area (Å²) in [5, 5.41) is 0. The Balaban J connectivity index is 1.73. The van der Waals surface area contributed by atoms with E-state index in [-0.39, 0.29) is 36.9 Å². The van der Waals surface area contributed by atoms with Gasteiger partial charge in [0.25, 0.3) is 5.91 Å². The number of hydrogen-bond acceptors (Lipinski definition) is 5. The van der Waals surface area contributed by atoms with Gasteiger partial charge in [0, 0.05) is 28.8 Å². The number of carbonyl (C=O) groups is 3. The zero-order valence-electron chi connectivity index (χ0n) is 15.9. The molecule has 0 unspecified atom stereocenters. The van der Waals surface area contributed by atoms with Crippen molar-refractivity contribution in [3.63, 3.8) is 0 Å². The molecule has 4 heterocycles. The maximum Gasteiger partial charge on any atom is 0.416 e. The third kappa shape index (κ3) is 2.05. The molecule has 4 atom stereocenters. The summed E-state index contributed by atoms with van der Waals surface area (Å²) in [6.45, 7) is 3.28. The summed E-state index contributed by atoms with van der Waals surface area (Å²) in [6, 6.07) is 5.95. The van der Waals surface area contributed by atoms with E-state index in [1.165, 1.54) is 4.90 Å². The van der Waals surface area contributed by atoms with Crippen molar-refractivity contribution in [2.24, 2.45) is 11.8 Å². The first-order valence-electron chi connectivity index (χ1n) is 9.72. The van der Waals surface area contributed by atoms with E-state index in [2.05, 4.69) is 20.8 Å². The van der Waals surface area contributed by atoms with Crippen LogP contribution in [0.1, 0.15) is 25.3 Å². The topological polar surface area (TPSA) is 70.2 Å². The van der Waals surface area contributed by atoms with Gasteiger partial charge in [0.15, 0.2) is 0 Å². The van der Waals surface area contributed by atoms with Gasteiger partial charge in [0.05, 0.1) is 12.5 Å². The highest BCUT2D eigenvalue weighted by molar-refractivity contribution is 9.10. The molecule has 7 nitrogen and oxygen atoms in total. The fraction of sp³-hybridized carbons (Fsp3) is 0.550. The molecule has 3 amide bonds. The molecule has 0 aliphatic carbocycles. The Morgan fingerprint density at radius 2 is 2.07 bits per heavy atom. The van der Waals surface area contributed by atoms with Gasteiger partial charge in [0.2, 0.25) is 5.91 Å². The molecule has 4 aliphatic rings. The molecule has 0 bridgehead atoms. The van der Waals surface area contributed by atoms with E-state index in [1.807, 2.05) is 25.1 Å². The molecule has 1 aromatic rings. The Labute approximate surface area is 171 Å². The van der Waals surface area contributed by atoms with E-state index < -0.39 is 17.6 Å². The molecule has 5 rings (SSSR count). The number of cyclic esters (lactones) is 1. The van der Waals surface area contributed by atoms with Crippen LogP contribution in [0.5, 0.6) is 0 Å². The number of anilines is 1. The fourth-order valence-electron chi connectivity index (χ4n) is 5.89. The minimum absolute atomic E-state index is 0.0364. The highest BCUT2D eigenvalue weighted by Crippen LogP contribution is 2.59. The van der Waals surface area contributed by atoms with Crippen molar-refractivity contribution in [1.82, 2.24) is 9.80 Å². The lowest BCUT2D eigenvalue weighted by atomic mass is 9.74. The molecule has 8 heteroatoms. The number of nitrogens with zero attached hydrogens (tertiary/aromatic N) is 3. The van der Waals surface area contributed by atoms with E-state index in [4.69, 9.17) is 4.74 Å². The van der Waals surface area contributed by atoms with Crippen LogP contribution in [-0.4, -0.2) is 60.5 Å². The summed E-state index contributed by atoms with van der Waals surface area (Å²) in [7, 11) is 1.77. The van der Waals surface area contributed by atoms with Gasteiger partial charge in [-0.25, -0.2) is 9.69 Å². The largest absolute Gasteiger partial charge is 0.447 e. The minimum Gasteiger partial charge on any atom is -0.447 e. The van der Waals surface area contributed by atoms with Gasteiger partial charge in [-0.2, -0.15) is 0 Å². The number of fused-ring (bicyclic) bond motifs is 4. The summed E-state index contributed by atoms with van der Waals surface area (Å²) in [5.74, 6) is -1.03. The zero-order valence-corrected chi connectivity index (χ0v) is 17.4. The van der Waals surface area contributed by atoms with Crippen LogP contribution in [0.2, 0.25) is 0 Å². The predicted molar refractivity (Wildman–Crippen MR) is 105 cm³/mol. The normalized spacial score (nSPS) is 34.3. The molecule has 148 valence electrons. The van der Waals surface area contributed by atoms with E-state index in [0.717, 1.165) is 35.1 Å². The van der Waals surface area contributed by atoms with E-state index in [1.54, 1.807) is 11.9 Å². The molecule has 0 radical (unpaired) electrons. The second-order valence-electron chi connectivity index (χ2n) is 8.14. The Kier molecular flexibility index (Phi) is 3.90. The van der Waals surface area contributed by atoms with Gasteiger partial charge in [-0.3, -0.25) is 14.5 Å². The van der Waals surface area contributed by atoms with Gasteiger partial charge in [-0.15, -0.1) is 0 Å². The predicted octanol–water partition coefficient (Wildman–Crippen LogP) is 2.33. The summed E-state index contributed by atoms with van der Waals surface area (Å²) in [6.07, 6.45) is 1.36. The molecule has 3 fully saturated rings. The third-order valence-electron chi connectivity index (χ3n) is 6.99. The zero-order chi connectivity index (χ0) is 19.8. The molecule has 0 aromatic heterocycles. The van der Waals surface area contributed by atoms with Crippen molar-refractivity contribution in [2.45, 2.75) is 31.3 Å². The van der Waals surface area contributed by atoms with Gasteiger partial charge in [-0.1, -0.05) is 22.9 Å². The van der Waals surface area contributed by atoms with Gasteiger partial charge in [-0.05, 0) is 43.5 Å². The highest BCUT2D eigenvalue weighted by Gasteiger charge is 2.70. The smallest absolute Gasteiger partial charge is 0.416 e. The number of halogens is 1. The van der Waals surface area contributed by atoms with Crippen LogP contribution >= 0.6 is 15.9 Å². The first kappa shape index (κ1) is 18.1. The SMILES string of the molecule is C[C@@H]1[C@H]2CCCN2[C@]2(C(=O)N(C)c3ccc(Br)cc32)[C@H]1C(=O)N1CCOC1=O. The first-order chi connectivity index (χ1) is 13.4. The monoisotopic (exact) mass is 447 g/mol. The van der Waals surface area contributed by atoms with E-state index in [9.17, 15) is 14.4 Å². The number of carbonyl (C=O) groups excluding carboxylic acids is 3. The van der Waals surface area contributed by atoms with Crippen LogP contribution in [0.4, 0.5) is 10.5 Å². The number of hydrogen-bond donors (Lipinski definition) is 0.